The van der Waals surface area contributed by atoms with Crippen LogP contribution in [0.1, 0.15) is 29.8 Å². The van der Waals surface area contributed by atoms with Crippen molar-refractivity contribution in [3.05, 3.63) is 53.6 Å². The van der Waals surface area contributed by atoms with Crippen LogP contribution in [-0.2, 0) is 11.3 Å². The summed E-state index contributed by atoms with van der Waals surface area (Å²) >= 11 is 0. The van der Waals surface area contributed by atoms with Crippen molar-refractivity contribution in [2.45, 2.75) is 20.5 Å². The molecule has 2 aromatic rings. The molecular formula is C20H25NO4. The minimum atomic E-state index is -0.182. The highest BCUT2D eigenvalue weighted by molar-refractivity contribution is 6.04. The molecule has 25 heavy (non-hydrogen) atoms. The molecule has 5 nitrogen and oxygen atoms in total. The Labute approximate surface area is 148 Å². The van der Waals surface area contributed by atoms with E-state index in [1.165, 1.54) is 0 Å². The number of carbonyl (C=O) groups excluding carboxylic acids is 1. The Morgan fingerprint density at radius 2 is 1.76 bits per heavy atom. The summed E-state index contributed by atoms with van der Waals surface area (Å²) in [6.45, 7) is 5.25. The third-order valence-electron chi connectivity index (χ3n) is 3.60. The van der Waals surface area contributed by atoms with Gasteiger partial charge in [-0.3, -0.25) is 4.79 Å². The van der Waals surface area contributed by atoms with Crippen LogP contribution in [0.25, 0.3) is 0 Å². The molecule has 2 aromatic carbocycles. The fourth-order valence-corrected chi connectivity index (χ4v) is 2.31. The molecule has 0 bridgehead atoms. The monoisotopic (exact) mass is 343 g/mol. The van der Waals surface area contributed by atoms with Gasteiger partial charge in [-0.05, 0) is 48.4 Å². The smallest absolute Gasteiger partial charge is 0.255 e. The van der Waals surface area contributed by atoms with Gasteiger partial charge in [-0.1, -0.05) is 13.8 Å². The lowest BCUT2D eigenvalue weighted by atomic mass is 10.1. The van der Waals surface area contributed by atoms with E-state index in [2.05, 4.69) is 19.2 Å². The number of ether oxygens (including phenoxy) is 3. The topological polar surface area (TPSA) is 56.8 Å². The molecule has 0 unspecified atom stereocenters. The summed E-state index contributed by atoms with van der Waals surface area (Å²) < 4.78 is 16.1. The molecular weight excluding hydrogens is 318 g/mol. The number of carbonyl (C=O) groups is 1. The molecule has 134 valence electrons. The van der Waals surface area contributed by atoms with E-state index in [9.17, 15) is 4.79 Å². The number of anilines is 1. The van der Waals surface area contributed by atoms with Crippen molar-refractivity contribution in [2.24, 2.45) is 5.92 Å². The SMILES string of the molecule is COc1ccc(NC(=O)c2ccc(OC)c(COCC(C)C)c2)cc1. The minimum Gasteiger partial charge on any atom is -0.497 e. The van der Waals surface area contributed by atoms with Crippen LogP contribution in [-0.4, -0.2) is 26.7 Å². The Kier molecular flexibility index (Phi) is 6.83. The highest BCUT2D eigenvalue weighted by atomic mass is 16.5. The number of methoxy groups -OCH3 is 2. The molecule has 0 spiro atoms. The lowest BCUT2D eigenvalue weighted by Gasteiger charge is -2.13. The summed E-state index contributed by atoms with van der Waals surface area (Å²) in [7, 11) is 3.21. The number of hydrogen-bond acceptors (Lipinski definition) is 4. The molecule has 0 heterocycles. The third kappa shape index (κ3) is 5.50. The maximum Gasteiger partial charge on any atom is 0.255 e. The molecule has 0 saturated carbocycles. The molecule has 0 radical (unpaired) electrons. The standard InChI is InChI=1S/C20H25NO4/c1-14(2)12-25-13-16-11-15(5-10-19(16)24-4)20(22)21-17-6-8-18(23-3)9-7-17/h5-11,14H,12-13H2,1-4H3,(H,21,22). The van der Waals surface area contributed by atoms with E-state index >= 15 is 0 Å². The molecule has 1 amide bonds. The average Bonchev–Trinajstić information content (AvgIpc) is 2.62. The van der Waals surface area contributed by atoms with E-state index in [0.717, 1.165) is 11.3 Å². The number of nitrogens with one attached hydrogen (secondary N) is 1. The average molecular weight is 343 g/mol. The van der Waals surface area contributed by atoms with Gasteiger partial charge in [0.05, 0.1) is 20.8 Å². The van der Waals surface area contributed by atoms with Crippen LogP contribution in [0.2, 0.25) is 0 Å². The van der Waals surface area contributed by atoms with Crippen molar-refractivity contribution in [3.63, 3.8) is 0 Å². The van der Waals surface area contributed by atoms with Gasteiger partial charge in [0.25, 0.3) is 5.91 Å². The van der Waals surface area contributed by atoms with Gasteiger partial charge in [-0.2, -0.15) is 0 Å². The first kappa shape index (κ1) is 18.8. The van der Waals surface area contributed by atoms with Crippen LogP contribution in [0.5, 0.6) is 11.5 Å². The molecule has 0 atom stereocenters. The maximum absolute atomic E-state index is 12.5. The quantitative estimate of drug-likeness (QED) is 0.783. The van der Waals surface area contributed by atoms with E-state index < -0.39 is 0 Å². The second-order valence-corrected chi connectivity index (χ2v) is 6.12. The van der Waals surface area contributed by atoms with Gasteiger partial charge in [-0.25, -0.2) is 0 Å². The summed E-state index contributed by atoms with van der Waals surface area (Å²) in [6, 6.07) is 12.5. The Bertz CT molecular complexity index is 695. The van der Waals surface area contributed by atoms with Gasteiger partial charge in [0, 0.05) is 23.4 Å². The van der Waals surface area contributed by atoms with Crippen molar-refractivity contribution in [1.29, 1.82) is 0 Å². The zero-order chi connectivity index (χ0) is 18.2. The lowest BCUT2D eigenvalue weighted by molar-refractivity contribution is 0.0952. The molecule has 0 aliphatic heterocycles. The van der Waals surface area contributed by atoms with Crippen LogP contribution in [0.3, 0.4) is 0 Å². The second kappa shape index (κ2) is 9.08. The van der Waals surface area contributed by atoms with Gasteiger partial charge < -0.3 is 19.5 Å². The van der Waals surface area contributed by atoms with E-state index in [1.807, 2.05) is 0 Å². The van der Waals surface area contributed by atoms with Crippen LogP contribution in [0.4, 0.5) is 5.69 Å². The zero-order valence-electron chi connectivity index (χ0n) is 15.2. The maximum atomic E-state index is 12.5. The molecule has 0 fully saturated rings. The predicted octanol–water partition coefficient (Wildman–Crippen LogP) is 4.13. The summed E-state index contributed by atoms with van der Waals surface area (Å²) in [5.41, 5.74) is 2.12. The molecule has 0 aliphatic rings. The van der Waals surface area contributed by atoms with E-state index in [-0.39, 0.29) is 5.91 Å². The van der Waals surface area contributed by atoms with Crippen molar-refractivity contribution in [2.75, 3.05) is 26.1 Å². The summed E-state index contributed by atoms with van der Waals surface area (Å²) in [5, 5.41) is 2.87. The molecule has 1 N–H and O–H groups in total. The minimum absolute atomic E-state index is 0.182. The van der Waals surface area contributed by atoms with E-state index in [0.29, 0.717) is 36.1 Å². The van der Waals surface area contributed by atoms with Gasteiger partial charge >= 0.3 is 0 Å². The molecule has 0 aromatic heterocycles. The van der Waals surface area contributed by atoms with Crippen LogP contribution in [0.15, 0.2) is 42.5 Å². The zero-order valence-corrected chi connectivity index (χ0v) is 15.2. The predicted molar refractivity (Wildman–Crippen MR) is 98.4 cm³/mol. The first-order valence-corrected chi connectivity index (χ1v) is 8.23. The Hall–Kier alpha value is -2.53. The summed E-state index contributed by atoms with van der Waals surface area (Å²) in [6.07, 6.45) is 0. The molecule has 5 heteroatoms. The summed E-state index contributed by atoms with van der Waals surface area (Å²) in [5.74, 6) is 1.72. The van der Waals surface area contributed by atoms with Crippen LogP contribution < -0.4 is 14.8 Å². The van der Waals surface area contributed by atoms with E-state index in [4.69, 9.17) is 14.2 Å². The number of amides is 1. The third-order valence-corrected chi connectivity index (χ3v) is 3.60. The fraction of sp³-hybridized carbons (Fsp3) is 0.350. The van der Waals surface area contributed by atoms with Crippen molar-refractivity contribution in [1.82, 2.24) is 0 Å². The highest BCUT2D eigenvalue weighted by Crippen LogP contribution is 2.22. The first-order chi connectivity index (χ1) is 12.0. The highest BCUT2D eigenvalue weighted by Gasteiger charge is 2.11. The normalized spacial score (nSPS) is 10.6. The largest absolute Gasteiger partial charge is 0.497 e. The van der Waals surface area contributed by atoms with Crippen LogP contribution >= 0.6 is 0 Å². The molecule has 2 rings (SSSR count). The second-order valence-electron chi connectivity index (χ2n) is 6.12. The van der Waals surface area contributed by atoms with Gasteiger partial charge in [0.1, 0.15) is 11.5 Å². The first-order valence-electron chi connectivity index (χ1n) is 8.23. The van der Waals surface area contributed by atoms with Crippen molar-refractivity contribution < 1.29 is 19.0 Å². The van der Waals surface area contributed by atoms with Crippen molar-refractivity contribution >= 4 is 11.6 Å². The Morgan fingerprint density at radius 3 is 2.36 bits per heavy atom. The van der Waals surface area contributed by atoms with Crippen molar-refractivity contribution in [3.8, 4) is 11.5 Å². The van der Waals surface area contributed by atoms with Gasteiger partial charge in [-0.15, -0.1) is 0 Å². The summed E-state index contributed by atoms with van der Waals surface area (Å²) in [4.78, 5) is 12.5. The molecule has 0 saturated heterocycles. The number of hydrogen-bond donors (Lipinski definition) is 1. The number of rotatable bonds is 8. The number of benzene rings is 2. The van der Waals surface area contributed by atoms with Crippen LogP contribution in [0, 0.1) is 5.92 Å². The van der Waals surface area contributed by atoms with Gasteiger partial charge in [0.2, 0.25) is 0 Å². The van der Waals surface area contributed by atoms with E-state index in [1.54, 1.807) is 56.7 Å². The lowest BCUT2D eigenvalue weighted by Crippen LogP contribution is -2.13. The fourth-order valence-electron chi connectivity index (χ4n) is 2.31. The Morgan fingerprint density at radius 1 is 1.04 bits per heavy atom. The molecule has 0 aliphatic carbocycles. The Balaban J connectivity index is 2.09. The van der Waals surface area contributed by atoms with Gasteiger partial charge in [0.15, 0.2) is 0 Å².